The molecule has 1 aromatic carbocycles. The van der Waals surface area contributed by atoms with Gasteiger partial charge < -0.3 is 14.8 Å². The number of nitriles is 1. The smallest absolute Gasteiger partial charge is 0.224 e. The van der Waals surface area contributed by atoms with E-state index in [1.165, 1.54) is 0 Å². The Balaban J connectivity index is 1.81. The molecule has 2 aromatic rings. The number of benzene rings is 1. The Hall–Kier alpha value is -2.81. The minimum Gasteiger partial charge on any atom is -0.486 e. The summed E-state index contributed by atoms with van der Waals surface area (Å²) in [6.07, 6.45) is 0. The molecule has 2 heterocycles. The fraction of sp³-hybridized carbons (Fsp3) is 0.312. The molecule has 6 heteroatoms. The Kier molecular flexibility index (Phi) is 3.79. The van der Waals surface area contributed by atoms with Crippen LogP contribution in [-0.4, -0.2) is 23.2 Å². The van der Waals surface area contributed by atoms with E-state index in [-0.39, 0.29) is 6.04 Å². The van der Waals surface area contributed by atoms with Crippen LogP contribution in [-0.2, 0) is 0 Å². The minimum atomic E-state index is -0.0239. The van der Waals surface area contributed by atoms with Crippen molar-refractivity contribution in [2.75, 3.05) is 18.5 Å². The van der Waals surface area contributed by atoms with Gasteiger partial charge in [0.2, 0.25) is 5.95 Å². The van der Waals surface area contributed by atoms with Crippen LogP contribution in [0.3, 0.4) is 0 Å². The van der Waals surface area contributed by atoms with Crippen LogP contribution in [0.2, 0.25) is 0 Å². The molecule has 0 fully saturated rings. The SMILES string of the molecule is Cc1cc(C#N)nc(NC(C)c2ccc3c(c2)OCCO3)n1. The number of anilines is 1. The van der Waals surface area contributed by atoms with Crippen molar-refractivity contribution in [2.24, 2.45) is 0 Å². The van der Waals surface area contributed by atoms with Gasteiger partial charge in [-0.2, -0.15) is 5.26 Å². The fourth-order valence-corrected chi connectivity index (χ4v) is 2.30. The van der Waals surface area contributed by atoms with Gasteiger partial charge in [-0.3, -0.25) is 0 Å². The van der Waals surface area contributed by atoms with Gasteiger partial charge >= 0.3 is 0 Å². The quantitative estimate of drug-likeness (QED) is 0.937. The number of aromatic nitrogens is 2. The van der Waals surface area contributed by atoms with Crippen LogP contribution in [0.25, 0.3) is 0 Å². The zero-order valence-corrected chi connectivity index (χ0v) is 12.5. The maximum absolute atomic E-state index is 8.97. The van der Waals surface area contributed by atoms with Gasteiger partial charge in [0.15, 0.2) is 11.5 Å². The molecule has 1 atom stereocenters. The first-order chi connectivity index (χ1) is 10.7. The van der Waals surface area contributed by atoms with E-state index < -0.39 is 0 Å². The first-order valence-corrected chi connectivity index (χ1v) is 7.07. The van der Waals surface area contributed by atoms with Crippen molar-refractivity contribution < 1.29 is 9.47 Å². The van der Waals surface area contributed by atoms with Gasteiger partial charge in [-0.05, 0) is 37.6 Å². The molecule has 6 nitrogen and oxygen atoms in total. The lowest BCUT2D eigenvalue weighted by molar-refractivity contribution is 0.171. The Labute approximate surface area is 128 Å². The summed E-state index contributed by atoms with van der Waals surface area (Å²) in [5, 5.41) is 12.2. The second-order valence-corrected chi connectivity index (χ2v) is 5.10. The number of fused-ring (bicyclic) bond motifs is 1. The molecule has 1 N–H and O–H groups in total. The second-order valence-electron chi connectivity index (χ2n) is 5.10. The largest absolute Gasteiger partial charge is 0.486 e. The molecule has 22 heavy (non-hydrogen) atoms. The molecule has 112 valence electrons. The molecule has 0 saturated heterocycles. The molecule has 1 aliphatic rings. The molecule has 0 bridgehead atoms. The number of aryl methyl sites for hydroxylation is 1. The lowest BCUT2D eigenvalue weighted by atomic mass is 10.1. The third-order valence-electron chi connectivity index (χ3n) is 3.38. The van der Waals surface area contributed by atoms with Crippen molar-refractivity contribution in [3.8, 4) is 17.6 Å². The third kappa shape index (κ3) is 2.93. The standard InChI is InChI=1S/C16H16N4O2/c1-10-7-13(9-17)20-16(18-10)19-11(2)12-3-4-14-15(8-12)22-6-5-21-14/h3-4,7-8,11H,5-6H2,1-2H3,(H,18,19,20). The molecule has 1 aliphatic heterocycles. The van der Waals surface area contributed by atoms with Crippen LogP contribution >= 0.6 is 0 Å². The molecule has 0 spiro atoms. The number of hydrogen-bond acceptors (Lipinski definition) is 6. The highest BCUT2D eigenvalue weighted by Gasteiger charge is 2.15. The van der Waals surface area contributed by atoms with Gasteiger partial charge in [-0.15, -0.1) is 0 Å². The van der Waals surface area contributed by atoms with Crippen LogP contribution in [0.5, 0.6) is 11.5 Å². The number of hydrogen-bond donors (Lipinski definition) is 1. The predicted molar refractivity (Wildman–Crippen MR) is 81.0 cm³/mol. The third-order valence-corrected chi connectivity index (χ3v) is 3.38. The van der Waals surface area contributed by atoms with Crippen molar-refractivity contribution in [2.45, 2.75) is 19.9 Å². The average molecular weight is 296 g/mol. The maximum atomic E-state index is 8.97. The van der Waals surface area contributed by atoms with Crippen LogP contribution in [0.15, 0.2) is 24.3 Å². The topological polar surface area (TPSA) is 80.1 Å². The number of nitrogens with one attached hydrogen (secondary N) is 1. The summed E-state index contributed by atoms with van der Waals surface area (Å²) in [5.74, 6) is 1.96. The van der Waals surface area contributed by atoms with Crippen molar-refractivity contribution in [1.29, 1.82) is 5.26 Å². The first-order valence-electron chi connectivity index (χ1n) is 7.07. The summed E-state index contributed by atoms with van der Waals surface area (Å²) < 4.78 is 11.1. The molecule has 0 amide bonds. The van der Waals surface area contributed by atoms with Gasteiger partial charge in [0, 0.05) is 5.69 Å². The van der Waals surface area contributed by atoms with E-state index in [1.807, 2.05) is 38.1 Å². The summed E-state index contributed by atoms with van der Waals surface area (Å²) in [5.41, 5.74) is 2.14. The van der Waals surface area contributed by atoms with Gasteiger partial charge in [0.05, 0.1) is 6.04 Å². The Morgan fingerprint density at radius 1 is 1.18 bits per heavy atom. The lowest BCUT2D eigenvalue weighted by Crippen LogP contribution is -2.16. The first kappa shape index (κ1) is 14.1. The molecule has 0 saturated carbocycles. The lowest BCUT2D eigenvalue weighted by Gasteiger charge is -2.21. The second kappa shape index (κ2) is 5.90. The predicted octanol–water partition coefficient (Wildman–Crippen LogP) is 2.60. The van der Waals surface area contributed by atoms with Crippen molar-refractivity contribution in [3.63, 3.8) is 0 Å². The summed E-state index contributed by atoms with van der Waals surface area (Å²) in [7, 11) is 0. The van der Waals surface area contributed by atoms with E-state index in [4.69, 9.17) is 14.7 Å². The number of nitrogens with zero attached hydrogens (tertiary/aromatic N) is 3. The average Bonchev–Trinajstić information content (AvgIpc) is 2.53. The zero-order chi connectivity index (χ0) is 15.5. The highest BCUT2D eigenvalue weighted by molar-refractivity contribution is 5.46. The van der Waals surface area contributed by atoms with Gasteiger partial charge in [0.25, 0.3) is 0 Å². The van der Waals surface area contributed by atoms with Gasteiger partial charge in [0.1, 0.15) is 25.0 Å². The van der Waals surface area contributed by atoms with E-state index in [1.54, 1.807) is 6.07 Å². The Morgan fingerprint density at radius 2 is 1.95 bits per heavy atom. The molecule has 1 aromatic heterocycles. The number of rotatable bonds is 3. The van der Waals surface area contributed by atoms with E-state index in [9.17, 15) is 0 Å². The van der Waals surface area contributed by atoms with Crippen molar-refractivity contribution in [3.05, 3.63) is 41.2 Å². The highest BCUT2D eigenvalue weighted by atomic mass is 16.6. The fourth-order valence-electron chi connectivity index (χ4n) is 2.30. The Morgan fingerprint density at radius 3 is 2.73 bits per heavy atom. The number of ether oxygens (including phenoxy) is 2. The van der Waals surface area contributed by atoms with Gasteiger partial charge in [-0.1, -0.05) is 6.07 Å². The summed E-state index contributed by atoms with van der Waals surface area (Å²) >= 11 is 0. The van der Waals surface area contributed by atoms with Crippen LogP contribution in [0.1, 0.15) is 29.9 Å². The van der Waals surface area contributed by atoms with Crippen molar-refractivity contribution >= 4 is 5.95 Å². The Bertz CT molecular complexity index is 739. The van der Waals surface area contributed by atoms with E-state index in [0.717, 1.165) is 22.8 Å². The zero-order valence-electron chi connectivity index (χ0n) is 12.5. The minimum absolute atomic E-state index is 0.0239. The van der Waals surface area contributed by atoms with Crippen LogP contribution < -0.4 is 14.8 Å². The molecular weight excluding hydrogens is 280 g/mol. The summed E-state index contributed by atoms with van der Waals surface area (Å²) in [6, 6.07) is 9.50. The van der Waals surface area contributed by atoms with E-state index in [2.05, 4.69) is 15.3 Å². The van der Waals surface area contributed by atoms with E-state index in [0.29, 0.717) is 24.9 Å². The van der Waals surface area contributed by atoms with Gasteiger partial charge in [-0.25, -0.2) is 9.97 Å². The normalized spacial score (nSPS) is 14.0. The molecule has 1 unspecified atom stereocenters. The monoisotopic (exact) mass is 296 g/mol. The molecular formula is C16H16N4O2. The molecule has 0 radical (unpaired) electrons. The maximum Gasteiger partial charge on any atom is 0.224 e. The summed E-state index contributed by atoms with van der Waals surface area (Å²) in [4.78, 5) is 8.47. The van der Waals surface area contributed by atoms with Crippen LogP contribution in [0.4, 0.5) is 5.95 Å². The summed E-state index contributed by atoms with van der Waals surface area (Å²) in [6.45, 7) is 4.98. The van der Waals surface area contributed by atoms with E-state index >= 15 is 0 Å². The highest BCUT2D eigenvalue weighted by Crippen LogP contribution is 2.33. The molecule has 0 aliphatic carbocycles. The van der Waals surface area contributed by atoms with Crippen molar-refractivity contribution in [1.82, 2.24) is 9.97 Å². The molecule has 3 rings (SSSR count). The van der Waals surface area contributed by atoms with Crippen LogP contribution in [0, 0.1) is 18.3 Å².